The molecule has 0 aromatic carbocycles. The smallest absolute Gasteiger partial charge is 0.254 e. The number of carbonyl (C=O) groups excluding carboxylic acids is 1. The van der Waals surface area contributed by atoms with Crippen LogP contribution in [0.15, 0.2) is 24.5 Å². The summed E-state index contributed by atoms with van der Waals surface area (Å²) in [6, 6.07) is 4.30. The highest BCUT2D eigenvalue weighted by molar-refractivity contribution is 5.97. The molecular formula is C21H28N6O2. The highest BCUT2D eigenvalue weighted by atomic mass is 16.3. The Morgan fingerprint density at radius 1 is 1.28 bits per heavy atom. The number of nitrogens with zero attached hydrogens (tertiary/aromatic N) is 3. The molecule has 1 saturated carbocycles. The fourth-order valence-corrected chi connectivity index (χ4v) is 4.39. The lowest BCUT2D eigenvalue weighted by Gasteiger charge is -2.34. The Kier molecular flexibility index (Phi) is 5.36. The lowest BCUT2D eigenvalue weighted by Crippen LogP contribution is -2.38. The number of hydrogen-bond donors (Lipinski definition) is 4. The molecular weight excluding hydrogens is 368 g/mol. The van der Waals surface area contributed by atoms with Gasteiger partial charge >= 0.3 is 0 Å². The van der Waals surface area contributed by atoms with E-state index >= 15 is 0 Å². The molecule has 1 fully saturated rings. The van der Waals surface area contributed by atoms with Crippen molar-refractivity contribution in [1.82, 2.24) is 15.0 Å². The molecule has 2 aromatic rings. The second-order valence-corrected chi connectivity index (χ2v) is 8.45. The molecule has 0 spiro atoms. The Hall–Kier alpha value is -2.74. The minimum absolute atomic E-state index is 0.0345. The van der Waals surface area contributed by atoms with Gasteiger partial charge in [-0.3, -0.25) is 9.78 Å². The summed E-state index contributed by atoms with van der Waals surface area (Å²) in [5.74, 6) is 0.326. The average molecular weight is 396 g/mol. The van der Waals surface area contributed by atoms with E-state index in [0.29, 0.717) is 18.2 Å². The first-order valence-corrected chi connectivity index (χ1v) is 10.2. The summed E-state index contributed by atoms with van der Waals surface area (Å²) in [6.45, 7) is 1.85. The molecule has 154 valence electrons. The van der Waals surface area contributed by atoms with Crippen LogP contribution in [0.4, 0.5) is 11.8 Å². The molecule has 1 amide bonds. The van der Waals surface area contributed by atoms with Gasteiger partial charge < -0.3 is 21.5 Å². The number of rotatable bonds is 5. The number of amides is 1. The van der Waals surface area contributed by atoms with Gasteiger partial charge in [-0.05, 0) is 63.5 Å². The molecule has 4 rings (SSSR count). The van der Waals surface area contributed by atoms with E-state index in [-0.39, 0.29) is 17.6 Å². The number of primary amides is 1. The quantitative estimate of drug-likeness (QED) is 0.609. The average Bonchev–Trinajstić information content (AvgIpc) is 2.67. The van der Waals surface area contributed by atoms with E-state index in [0.717, 1.165) is 44.2 Å². The molecule has 3 atom stereocenters. The Labute approximate surface area is 170 Å². The molecule has 0 radical (unpaired) electrons. The molecule has 5 N–H and O–H groups in total. The Morgan fingerprint density at radius 2 is 2.14 bits per heavy atom. The van der Waals surface area contributed by atoms with E-state index in [2.05, 4.69) is 31.7 Å². The highest BCUT2D eigenvalue weighted by Gasteiger charge is 2.31. The largest absolute Gasteiger partial charge is 0.390 e. The highest BCUT2D eigenvalue weighted by Crippen LogP contribution is 2.30. The van der Waals surface area contributed by atoms with Crippen molar-refractivity contribution in [3.05, 3.63) is 41.3 Å². The SMILES string of the molecule is C[C@]1(O)CCCC(Nc2nc(N[C@@H]3CCc4ncccc4C3)ncc2C(N)=O)C1. The summed E-state index contributed by atoms with van der Waals surface area (Å²) in [5.41, 5.74) is 7.48. The van der Waals surface area contributed by atoms with Gasteiger partial charge in [0.15, 0.2) is 0 Å². The zero-order valence-electron chi connectivity index (χ0n) is 16.7. The first-order chi connectivity index (χ1) is 13.9. The third-order valence-corrected chi connectivity index (χ3v) is 5.86. The summed E-state index contributed by atoms with van der Waals surface area (Å²) in [5, 5.41) is 17.1. The lowest BCUT2D eigenvalue weighted by atomic mass is 9.83. The first kappa shape index (κ1) is 19.6. The number of nitrogens with one attached hydrogen (secondary N) is 2. The molecule has 2 aliphatic rings. The fraction of sp³-hybridized carbons (Fsp3) is 0.524. The molecule has 0 bridgehead atoms. The van der Waals surface area contributed by atoms with Crippen molar-refractivity contribution >= 4 is 17.7 Å². The van der Waals surface area contributed by atoms with Crippen molar-refractivity contribution in [2.75, 3.05) is 10.6 Å². The van der Waals surface area contributed by atoms with Crippen molar-refractivity contribution in [2.45, 2.75) is 69.6 Å². The van der Waals surface area contributed by atoms with Crippen LogP contribution in [0.5, 0.6) is 0 Å². The second kappa shape index (κ2) is 7.94. The Bertz CT molecular complexity index is 900. The molecule has 2 aromatic heterocycles. The van der Waals surface area contributed by atoms with Crippen LogP contribution in [-0.4, -0.2) is 43.7 Å². The van der Waals surface area contributed by atoms with E-state index in [4.69, 9.17) is 5.73 Å². The number of aryl methyl sites for hydroxylation is 1. The van der Waals surface area contributed by atoms with Gasteiger partial charge in [-0.25, -0.2) is 4.98 Å². The maximum atomic E-state index is 11.9. The molecule has 1 unspecified atom stereocenters. The molecule has 8 heteroatoms. The van der Waals surface area contributed by atoms with Crippen LogP contribution in [0.3, 0.4) is 0 Å². The number of nitrogens with two attached hydrogens (primary N) is 1. The van der Waals surface area contributed by atoms with Gasteiger partial charge in [0.2, 0.25) is 5.95 Å². The molecule has 8 nitrogen and oxygen atoms in total. The summed E-state index contributed by atoms with van der Waals surface area (Å²) in [7, 11) is 0. The number of anilines is 2. The summed E-state index contributed by atoms with van der Waals surface area (Å²) >= 11 is 0. The van der Waals surface area contributed by atoms with Crippen molar-refractivity contribution in [1.29, 1.82) is 0 Å². The molecule has 29 heavy (non-hydrogen) atoms. The minimum atomic E-state index is -0.708. The zero-order chi connectivity index (χ0) is 20.4. The van der Waals surface area contributed by atoms with Gasteiger partial charge in [0.25, 0.3) is 5.91 Å². The summed E-state index contributed by atoms with van der Waals surface area (Å²) in [4.78, 5) is 25.2. The second-order valence-electron chi connectivity index (χ2n) is 8.45. The zero-order valence-corrected chi connectivity index (χ0v) is 16.7. The van der Waals surface area contributed by atoms with E-state index in [1.165, 1.54) is 11.8 Å². The third-order valence-electron chi connectivity index (χ3n) is 5.86. The van der Waals surface area contributed by atoms with E-state index in [9.17, 15) is 9.90 Å². The number of fused-ring (bicyclic) bond motifs is 1. The number of aromatic nitrogens is 3. The van der Waals surface area contributed by atoms with Gasteiger partial charge in [0.05, 0.1) is 11.2 Å². The van der Waals surface area contributed by atoms with Crippen LogP contribution in [0, 0.1) is 0 Å². The van der Waals surface area contributed by atoms with Crippen LogP contribution in [0.25, 0.3) is 0 Å². The first-order valence-electron chi connectivity index (χ1n) is 10.2. The topological polar surface area (TPSA) is 126 Å². The number of carbonyl (C=O) groups is 1. The number of aliphatic hydroxyl groups is 1. The summed E-state index contributed by atoms with van der Waals surface area (Å²) < 4.78 is 0. The van der Waals surface area contributed by atoms with Crippen LogP contribution < -0.4 is 16.4 Å². The molecule has 2 heterocycles. The van der Waals surface area contributed by atoms with Crippen LogP contribution in [0.1, 0.15) is 60.6 Å². The third kappa shape index (κ3) is 4.64. The van der Waals surface area contributed by atoms with Crippen molar-refractivity contribution < 1.29 is 9.90 Å². The number of hydrogen-bond acceptors (Lipinski definition) is 7. The van der Waals surface area contributed by atoms with Crippen LogP contribution in [0.2, 0.25) is 0 Å². The van der Waals surface area contributed by atoms with E-state index < -0.39 is 11.5 Å². The predicted octanol–water partition coefficient (Wildman–Crippen LogP) is 2.05. The maximum Gasteiger partial charge on any atom is 0.254 e. The van der Waals surface area contributed by atoms with E-state index in [1.807, 2.05) is 19.2 Å². The van der Waals surface area contributed by atoms with Crippen molar-refractivity contribution in [2.24, 2.45) is 5.73 Å². The number of pyridine rings is 1. The van der Waals surface area contributed by atoms with Gasteiger partial charge in [-0.1, -0.05) is 6.07 Å². The molecule has 0 aliphatic heterocycles. The fourth-order valence-electron chi connectivity index (χ4n) is 4.39. The van der Waals surface area contributed by atoms with Gasteiger partial charge in [0, 0.05) is 30.2 Å². The predicted molar refractivity (Wildman–Crippen MR) is 111 cm³/mol. The Balaban J connectivity index is 1.50. The molecule has 2 aliphatic carbocycles. The van der Waals surface area contributed by atoms with Crippen molar-refractivity contribution in [3.63, 3.8) is 0 Å². The summed E-state index contributed by atoms with van der Waals surface area (Å²) in [6.07, 6.45) is 9.23. The van der Waals surface area contributed by atoms with Crippen molar-refractivity contribution in [3.8, 4) is 0 Å². The van der Waals surface area contributed by atoms with Gasteiger partial charge in [0.1, 0.15) is 5.82 Å². The normalized spacial score (nSPS) is 26.4. The van der Waals surface area contributed by atoms with Gasteiger partial charge in [-0.2, -0.15) is 4.98 Å². The minimum Gasteiger partial charge on any atom is -0.390 e. The standard InChI is InChI=1S/C21H28N6O2/c1-21(29)8-2-5-15(11-21)25-19-16(18(22)28)12-24-20(27-19)26-14-6-7-17-13(10-14)4-3-9-23-17/h3-4,9,12,14-15,29H,2,5-8,10-11H2,1H3,(H2,22,28)(H2,24,25,26,27)/t14-,15?,21+/m1/s1. The maximum absolute atomic E-state index is 11.9. The Morgan fingerprint density at radius 3 is 2.93 bits per heavy atom. The van der Waals surface area contributed by atoms with E-state index in [1.54, 1.807) is 0 Å². The monoisotopic (exact) mass is 396 g/mol. The molecule has 0 saturated heterocycles. The van der Waals surface area contributed by atoms with Crippen LogP contribution in [-0.2, 0) is 12.8 Å². The van der Waals surface area contributed by atoms with Crippen LogP contribution >= 0.6 is 0 Å². The van der Waals surface area contributed by atoms with Gasteiger partial charge in [-0.15, -0.1) is 0 Å². The lowest BCUT2D eigenvalue weighted by molar-refractivity contribution is 0.0182.